The third-order valence-corrected chi connectivity index (χ3v) is 3.98. The highest BCUT2D eigenvalue weighted by atomic mass is 15.1. The lowest BCUT2D eigenvalue weighted by Crippen LogP contribution is -2.33. The maximum Gasteiger partial charge on any atom is 0.0881 e. The SMILES string of the molecule is CCCN1CCC(c2cc3ncccc3[nH]2)CC1. The van der Waals surface area contributed by atoms with E-state index in [1.807, 2.05) is 12.3 Å². The van der Waals surface area contributed by atoms with Gasteiger partial charge in [-0.25, -0.2) is 0 Å². The van der Waals surface area contributed by atoms with Gasteiger partial charge in [-0.2, -0.15) is 0 Å². The van der Waals surface area contributed by atoms with Crippen LogP contribution in [0.1, 0.15) is 37.8 Å². The highest BCUT2D eigenvalue weighted by Crippen LogP contribution is 2.29. The minimum absolute atomic E-state index is 0.687. The van der Waals surface area contributed by atoms with Crippen LogP contribution in [0, 0.1) is 0 Å². The molecule has 2 aromatic rings. The number of H-pyrrole nitrogens is 1. The van der Waals surface area contributed by atoms with E-state index in [0.717, 1.165) is 5.52 Å². The molecule has 3 heterocycles. The minimum Gasteiger partial charge on any atom is -0.357 e. The molecule has 96 valence electrons. The normalized spacial score (nSPS) is 18.5. The molecule has 0 unspecified atom stereocenters. The predicted octanol–water partition coefficient (Wildman–Crippen LogP) is 3.15. The molecule has 1 aliphatic heterocycles. The maximum atomic E-state index is 4.40. The number of fused-ring (bicyclic) bond motifs is 1. The van der Waals surface area contributed by atoms with Gasteiger partial charge in [-0.3, -0.25) is 4.98 Å². The van der Waals surface area contributed by atoms with Crippen molar-refractivity contribution in [2.45, 2.75) is 32.1 Å². The molecule has 3 heteroatoms. The zero-order valence-electron chi connectivity index (χ0n) is 11.0. The Balaban J connectivity index is 1.72. The Bertz CT molecular complexity index is 476. The topological polar surface area (TPSA) is 31.9 Å². The number of aromatic nitrogens is 2. The van der Waals surface area contributed by atoms with Crippen LogP contribution in [0.2, 0.25) is 0 Å². The molecule has 0 radical (unpaired) electrons. The molecule has 0 aliphatic carbocycles. The van der Waals surface area contributed by atoms with E-state index < -0.39 is 0 Å². The largest absolute Gasteiger partial charge is 0.357 e. The number of rotatable bonds is 3. The van der Waals surface area contributed by atoms with Crippen molar-refractivity contribution in [2.24, 2.45) is 0 Å². The Morgan fingerprint density at radius 3 is 2.94 bits per heavy atom. The summed E-state index contributed by atoms with van der Waals surface area (Å²) in [5, 5.41) is 0. The van der Waals surface area contributed by atoms with E-state index in [2.05, 4.69) is 33.9 Å². The average Bonchev–Trinajstić information content (AvgIpc) is 2.84. The Hall–Kier alpha value is -1.35. The van der Waals surface area contributed by atoms with Crippen molar-refractivity contribution in [2.75, 3.05) is 19.6 Å². The van der Waals surface area contributed by atoms with Crippen LogP contribution in [0.5, 0.6) is 0 Å². The minimum atomic E-state index is 0.687. The maximum absolute atomic E-state index is 4.40. The fraction of sp³-hybridized carbons (Fsp3) is 0.533. The van der Waals surface area contributed by atoms with Crippen molar-refractivity contribution in [3.63, 3.8) is 0 Å². The van der Waals surface area contributed by atoms with Crippen LogP contribution in [0.15, 0.2) is 24.4 Å². The first kappa shape index (κ1) is 11.7. The summed E-state index contributed by atoms with van der Waals surface area (Å²) < 4.78 is 0. The highest BCUT2D eigenvalue weighted by molar-refractivity contribution is 5.75. The number of hydrogen-bond donors (Lipinski definition) is 1. The van der Waals surface area contributed by atoms with Crippen molar-refractivity contribution >= 4 is 11.0 Å². The van der Waals surface area contributed by atoms with Gasteiger partial charge in [0.2, 0.25) is 0 Å². The number of nitrogens with one attached hydrogen (secondary N) is 1. The van der Waals surface area contributed by atoms with Gasteiger partial charge in [0, 0.05) is 17.8 Å². The third-order valence-electron chi connectivity index (χ3n) is 3.98. The van der Waals surface area contributed by atoms with Crippen molar-refractivity contribution in [3.8, 4) is 0 Å². The summed E-state index contributed by atoms with van der Waals surface area (Å²) in [6, 6.07) is 6.33. The van der Waals surface area contributed by atoms with Crippen molar-refractivity contribution in [3.05, 3.63) is 30.1 Å². The molecule has 2 aromatic heterocycles. The van der Waals surface area contributed by atoms with E-state index in [1.54, 1.807) is 0 Å². The van der Waals surface area contributed by atoms with E-state index in [-0.39, 0.29) is 0 Å². The molecule has 3 rings (SSSR count). The summed E-state index contributed by atoms with van der Waals surface area (Å²) in [4.78, 5) is 10.5. The first-order chi connectivity index (χ1) is 8.86. The van der Waals surface area contributed by atoms with Crippen LogP contribution in [0.25, 0.3) is 11.0 Å². The van der Waals surface area contributed by atoms with E-state index >= 15 is 0 Å². The molecule has 1 N–H and O–H groups in total. The van der Waals surface area contributed by atoms with Gasteiger partial charge in [-0.15, -0.1) is 0 Å². The molecule has 0 saturated carbocycles. The monoisotopic (exact) mass is 243 g/mol. The second-order valence-corrected chi connectivity index (χ2v) is 5.28. The van der Waals surface area contributed by atoms with Crippen LogP contribution in [-0.2, 0) is 0 Å². The smallest absolute Gasteiger partial charge is 0.0881 e. The van der Waals surface area contributed by atoms with Gasteiger partial charge in [-0.1, -0.05) is 6.92 Å². The van der Waals surface area contributed by atoms with Crippen molar-refractivity contribution in [1.29, 1.82) is 0 Å². The number of likely N-dealkylation sites (tertiary alicyclic amines) is 1. The number of pyridine rings is 1. The zero-order valence-corrected chi connectivity index (χ0v) is 11.0. The van der Waals surface area contributed by atoms with Crippen LogP contribution in [0.3, 0.4) is 0 Å². The standard InChI is InChI=1S/C15H21N3/c1-2-8-18-9-5-12(6-10-18)14-11-15-13(17-14)4-3-7-16-15/h3-4,7,11-12,17H,2,5-6,8-10H2,1H3. The van der Waals surface area contributed by atoms with Crippen molar-refractivity contribution < 1.29 is 0 Å². The predicted molar refractivity (Wildman–Crippen MR) is 74.8 cm³/mol. The molecule has 0 aromatic carbocycles. The Kier molecular flexibility index (Phi) is 3.33. The van der Waals surface area contributed by atoms with Crippen LogP contribution < -0.4 is 0 Å². The summed E-state index contributed by atoms with van der Waals surface area (Å²) in [5.74, 6) is 0.687. The number of nitrogens with zero attached hydrogens (tertiary/aromatic N) is 2. The van der Waals surface area contributed by atoms with Gasteiger partial charge in [0.05, 0.1) is 11.0 Å². The summed E-state index contributed by atoms with van der Waals surface area (Å²) in [5.41, 5.74) is 3.65. The van der Waals surface area contributed by atoms with Gasteiger partial charge in [0.1, 0.15) is 0 Å². The van der Waals surface area contributed by atoms with E-state index in [0.29, 0.717) is 5.92 Å². The third kappa shape index (κ3) is 2.27. The first-order valence-electron chi connectivity index (χ1n) is 7.03. The quantitative estimate of drug-likeness (QED) is 0.898. The zero-order chi connectivity index (χ0) is 12.4. The van der Waals surface area contributed by atoms with Gasteiger partial charge in [0.25, 0.3) is 0 Å². The summed E-state index contributed by atoms with van der Waals surface area (Å²) in [6.07, 6.45) is 5.67. The van der Waals surface area contributed by atoms with Crippen LogP contribution in [-0.4, -0.2) is 34.5 Å². The Labute approximate surface area is 108 Å². The molecule has 1 saturated heterocycles. The number of aromatic amines is 1. The molecule has 3 nitrogen and oxygen atoms in total. The summed E-state index contributed by atoms with van der Waals surface area (Å²) >= 11 is 0. The lowest BCUT2D eigenvalue weighted by atomic mass is 9.93. The van der Waals surface area contributed by atoms with Gasteiger partial charge in [-0.05, 0) is 57.1 Å². The van der Waals surface area contributed by atoms with Gasteiger partial charge < -0.3 is 9.88 Å². The van der Waals surface area contributed by atoms with E-state index in [9.17, 15) is 0 Å². The highest BCUT2D eigenvalue weighted by Gasteiger charge is 2.21. The lowest BCUT2D eigenvalue weighted by Gasteiger charge is -2.31. The second kappa shape index (κ2) is 5.11. The molecule has 1 aliphatic rings. The van der Waals surface area contributed by atoms with E-state index in [1.165, 1.54) is 50.1 Å². The van der Waals surface area contributed by atoms with Crippen LogP contribution in [0.4, 0.5) is 0 Å². The molecular weight excluding hydrogens is 222 g/mol. The fourth-order valence-corrected chi connectivity index (χ4v) is 2.98. The molecule has 0 bridgehead atoms. The molecule has 0 atom stereocenters. The molecule has 18 heavy (non-hydrogen) atoms. The fourth-order valence-electron chi connectivity index (χ4n) is 2.98. The number of hydrogen-bond acceptors (Lipinski definition) is 2. The second-order valence-electron chi connectivity index (χ2n) is 5.28. The Morgan fingerprint density at radius 2 is 2.22 bits per heavy atom. The summed E-state index contributed by atoms with van der Waals surface area (Å²) in [7, 11) is 0. The molecule has 0 amide bonds. The molecule has 1 fully saturated rings. The summed E-state index contributed by atoms with van der Waals surface area (Å²) in [6.45, 7) is 5.99. The Morgan fingerprint density at radius 1 is 1.39 bits per heavy atom. The average molecular weight is 243 g/mol. The van der Waals surface area contributed by atoms with E-state index in [4.69, 9.17) is 0 Å². The van der Waals surface area contributed by atoms with Gasteiger partial charge in [0.15, 0.2) is 0 Å². The van der Waals surface area contributed by atoms with Crippen molar-refractivity contribution in [1.82, 2.24) is 14.9 Å². The van der Waals surface area contributed by atoms with Gasteiger partial charge >= 0.3 is 0 Å². The number of piperidine rings is 1. The first-order valence-corrected chi connectivity index (χ1v) is 7.03. The molecule has 0 spiro atoms. The lowest BCUT2D eigenvalue weighted by molar-refractivity contribution is 0.211. The molecular formula is C15H21N3. The van der Waals surface area contributed by atoms with Crippen LogP contribution >= 0.6 is 0 Å².